The van der Waals surface area contributed by atoms with Crippen molar-refractivity contribution < 1.29 is 4.74 Å². The molecule has 0 amide bonds. The molecule has 4 heterocycles. The van der Waals surface area contributed by atoms with E-state index in [0.717, 1.165) is 31.4 Å². The van der Waals surface area contributed by atoms with Crippen LogP contribution in [-0.4, -0.2) is 34.2 Å². The maximum absolute atomic E-state index is 12.3. The molecule has 4 rings (SSSR count). The summed E-state index contributed by atoms with van der Waals surface area (Å²) < 4.78 is 5.40. The topological polar surface area (TPSA) is 91.9 Å². The van der Waals surface area contributed by atoms with Crippen LogP contribution in [0.1, 0.15) is 12.8 Å². The van der Waals surface area contributed by atoms with E-state index in [1.54, 1.807) is 12.4 Å². The largest absolute Gasteiger partial charge is 0.381 e. The molecule has 25 heavy (non-hydrogen) atoms. The quantitative estimate of drug-likeness (QED) is 0.678. The molecule has 0 unspecified atom stereocenters. The first-order chi connectivity index (χ1) is 12.3. The molecule has 128 valence electrons. The normalized spacial score (nSPS) is 15.2. The van der Waals surface area contributed by atoms with Crippen LogP contribution in [0, 0.1) is 0 Å². The number of aromatic nitrogens is 3. The Morgan fingerprint density at radius 2 is 2.04 bits per heavy atom. The Bertz CT molecular complexity index is 920. The van der Waals surface area contributed by atoms with Crippen molar-refractivity contribution in [2.45, 2.75) is 18.9 Å². The molecule has 3 aromatic heterocycles. The van der Waals surface area contributed by atoms with E-state index in [2.05, 4.69) is 25.6 Å². The molecule has 0 radical (unpaired) electrons. The van der Waals surface area contributed by atoms with Crippen molar-refractivity contribution in [2.75, 3.05) is 23.8 Å². The molecule has 7 nitrogen and oxygen atoms in total. The third-order valence-corrected chi connectivity index (χ3v) is 4.24. The van der Waals surface area contributed by atoms with E-state index in [9.17, 15) is 4.79 Å². The van der Waals surface area contributed by atoms with E-state index < -0.39 is 0 Å². The smallest absolute Gasteiger partial charge is 0.259 e. The van der Waals surface area contributed by atoms with Gasteiger partial charge in [-0.3, -0.25) is 4.79 Å². The average Bonchev–Trinajstić information content (AvgIpc) is 2.63. The predicted octanol–water partition coefficient (Wildman–Crippen LogP) is 2.65. The van der Waals surface area contributed by atoms with E-state index >= 15 is 0 Å². The highest BCUT2D eigenvalue weighted by Gasteiger charge is 2.17. The van der Waals surface area contributed by atoms with Gasteiger partial charge in [0.15, 0.2) is 0 Å². The number of hydrogen-bond donors (Lipinski definition) is 3. The highest BCUT2D eigenvalue weighted by molar-refractivity contribution is 5.93. The zero-order valence-electron chi connectivity index (χ0n) is 13.7. The van der Waals surface area contributed by atoms with Crippen molar-refractivity contribution in [3.8, 4) is 0 Å². The Morgan fingerprint density at radius 1 is 1.16 bits per heavy atom. The van der Waals surface area contributed by atoms with Gasteiger partial charge in [-0.05, 0) is 42.5 Å². The van der Waals surface area contributed by atoms with Crippen LogP contribution >= 0.6 is 0 Å². The summed E-state index contributed by atoms with van der Waals surface area (Å²) in [5.74, 6) is 1.94. The number of ether oxygens (including phenoxy) is 1. The highest BCUT2D eigenvalue weighted by atomic mass is 16.5. The van der Waals surface area contributed by atoms with Crippen LogP contribution in [-0.2, 0) is 4.74 Å². The zero-order valence-corrected chi connectivity index (χ0v) is 13.7. The van der Waals surface area contributed by atoms with E-state index in [0.29, 0.717) is 22.8 Å². The third-order valence-electron chi connectivity index (χ3n) is 4.24. The lowest BCUT2D eigenvalue weighted by Gasteiger charge is -2.24. The Hall–Kier alpha value is -2.93. The van der Waals surface area contributed by atoms with Gasteiger partial charge in [-0.2, -0.15) is 0 Å². The third kappa shape index (κ3) is 3.46. The van der Waals surface area contributed by atoms with Gasteiger partial charge in [-0.15, -0.1) is 0 Å². The van der Waals surface area contributed by atoms with Gasteiger partial charge < -0.3 is 20.4 Å². The molecule has 1 fully saturated rings. The first-order valence-corrected chi connectivity index (χ1v) is 8.34. The summed E-state index contributed by atoms with van der Waals surface area (Å²) in [5, 5.41) is 8.01. The van der Waals surface area contributed by atoms with Gasteiger partial charge in [0, 0.05) is 31.6 Å². The van der Waals surface area contributed by atoms with Crippen LogP contribution in [0.25, 0.3) is 10.8 Å². The summed E-state index contributed by atoms with van der Waals surface area (Å²) in [6.07, 6.45) is 5.15. The number of aromatic amines is 1. The van der Waals surface area contributed by atoms with Gasteiger partial charge in [-0.25, -0.2) is 9.97 Å². The van der Waals surface area contributed by atoms with Crippen LogP contribution < -0.4 is 16.2 Å². The van der Waals surface area contributed by atoms with E-state index in [-0.39, 0.29) is 11.6 Å². The fraction of sp³-hybridized carbons (Fsp3) is 0.278. The van der Waals surface area contributed by atoms with Gasteiger partial charge in [0.2, 0.25) is 0 Å². The molecule has 1 aliphatic rings. The van der Waals surface area contributed by atoms with Crippen LogP contribution in [0.3, 0.4) is 0 Å². The monoisotopic (exact) mass is 337 g/mol. The SMILES string of the molecule is O=c1[nH]ccc2cc(Nc3ccccn3)nc(NC3CCOCC3)c12. The van der Waals surface area contributed by atoms with Crippen molar-refractivity contribution in [1.29, 1.82) is 0 Å². The molecule has 3 aromatic rings. The molecule has 3 N–H and O–H groups in total. The number of hydrogen-bond acceptors (Lipinski definition) is 6. The maximum atomic E-state index is 12.3. The van der Waals surface area contributed by atoms with E-state index in [4.69, 9.17) is 4.74 Å². The molecule has 0 bridgehead atoms. The Morgan fingerprint density at radius 3 is 2.84 bits per heavy atom. The number of fused-ring (bicyclic) bond motifs is 1. The summed E-state index contributed by atoms with van der Waals surface area (Å²) in [6.45, 7) is 1.44. The maximum Gasteiger partial charge on any atom is 0.259 e. The minimum atomic E-state index is -0.149. The van der Waals surface area contributed by atoms with Crippen molar-refractivity contribution in [3.05, 3.63) is 53.1 Å². The second-order valence-electron chi connectivity index (χ2n) is 6.00. The average molecular weight is 337 g/mol. The highest BCUT2D eigenvalue weighted by Crippen LogP contribution is 2.25. The summed E-state index contributed by atoms with van der Waals surface area (Å²) in [7, 11) is 0. The molecule has 0 saturated carbocycles. The number of anilines is 3. The van der Waals surface area contributed by atoms with Gasteiger partial charge in [0.25, 0.3) is 5.56 Å². The van der Waals surface area contributed by atoms with E-state index in [1.807, 2.05) is 30.3 Å². The fourth-order valence-electron chi connectivity index (χ4n) is 2.99. The second-order valence-corrected chi connectivity index (χ2v) is 6.00. The number of nitrogens with zero attached hydrogens (tertiary/aromatic N) is 2. The Balaban J connectivity index is 1.73. The molecule has 0 spiro atoms. The molecule has 7 heteroatoms. The van der Waals surface area contributed by atoms with Crippen LogP contribution in [0.5, 0.6) is 0 Å². The number of nitrogens with one attached hydrogen (secondary N) is 3. The summed E-state index contributed by atoms with van der Waals surface area (Å²) >= 11 is 0. The summed E-state index contributed by atoms with van der Waals surface area (Å²) in [5.41, 5.74) is -0.149. The zero-order chi connectivity index (χ0) is 17.1. The lowest BCUT2D eigenvalue weighted by Crippen LogP contribution is -2.29. The first kappa shape index (κ1) is 15.6. The van der Waals surface area contributed by atoms with Crippen molar-refractivity contribution >= 4 is 28.2 Å². The predicted molar refractivity (Wildman–Crippen MR) is 97.3 cm³/mol. The molecule has 1 aliphatic heterocycles. The van der Waals surface area contributed by atoms with Crippen LogP contribution in [0.4, 0.5) is 17.5 Å². The Labute approximate surface area is 144 Å². The first-order valence-electron chi connectivity index (χ1n) is 8.34. The standard InChI is InChI=1S/C18H19N5O2/c24-18-16-12(4-8-20-18)11-15(22-14-3-1-2-7-19-14)23-17(16)21-13-5-9-25-10-6-13/h1-4,7-8,11,13H,5-6,9-10H2,(H,20,24)(H2,19,21,22,23). The summed E-state index contributed by atoms with van der Waals surface area (Å²) in [6, 6.07) is 9.61. The minimum Gasteiger partial charge on any atom is -0.381 e. The molecular weight excluding hydrogens is 318 g/mol. The Kier molecular flexibility index (Phi) is 4.30. The van der Waals surface area contributed by atoms with Crippen molar-refractivity contribution in [2.24, 2.45) is 0 Å². The number of rotatable bonds is 4. The lowest BCUT2D eigenvalue weighted by atomic mass is 10.1. The lowest BCUT2D eigenvalue weighted by molar-refractivity contribution is 0.0904. The fourth-order valence-corrected chi connectivity index (χ4v) is 2.99. The molecule has 0 aliphatic carbocycles. The molecule has 1 saturated heterocycles. The van der Waals surface area contributed by atoms with E-state index in [1.165, 1.54) is 0 Å². The number of H-pyrrole nitrogens is 1. The van der Waals surface area contributed by atoms with Crippen LogP contribution in [0.2, 0.25) is 0 Å². The molecular formula is C18H19N5O2. The molecule has 0 aromatic carbocycles. The van der Waals surface area contributed by atoms with Crippen LogP contribution in [0.15, 0.2) is 47.5 Å². The van der Waals surface area contributed by atoms with Crippen molar-refractivity contribution in [3.63, 3.8) is 0 Å². The molecule has 0 atom stereocenters. The van der Waals surface area contributed by atoms with Gasteiger partial charge in [-0.1, -0.05) is 6.07 Å². The van der Waals surface area contributed by atoms with Gasteiger partial charge in [0.1, 0.15) is 17.5 Å². The summed E-state index contributed by atoms with van der Waals surface area (Å²) in [4.78, 5) is 23.9. The second kappa shape index (κ2) is 6.90. The number of pyridine rings is 3. The minimum absolute atomic E-state index is 0.149. The van der Waals surface area contributed by atoms with Gasteiger partial charge >= 0.3 is 0 Å². The van der Waals surface area contributed by atoms with Crippen molar-refractivity contribution in [1.82, 2.24) is 15.0 Å². The van der Waals surface area contributed by atoms with Gasteiger partial charge in [0.05, 0.1) is 5.39 Å².